The lowest BCUT2D eigenvalue weighted by atomic mass is 9.88. The number of pyridine rings is 4. The monoisotopic (exact) mass is 874 g/mol. The van der Waals surface area contributed by atoms with Gasteiger partial charge in [-0.3, -0.25) is 24.7 Å². The van der Waals surface area contributed by atoms with Crippen LogP contribution in [0, 0.1) is 0 Å². The van der Waals surface area contributed by atoms with Crippen LogP contribution in [0.4, 0.5) is 0 Å². The zero-order valence-electron chi connectivity index (χ0n) is 34.7. The molecule has 0 unspecified atom stereocenters. The van der Waals surface area contributed by atoms with Crippen molar-refractivity contribution in [3.63, 3.8) is 0 Å². The number of piperidine rings is 2. The molecule has 10 rings (SSSR count). The highest BCUT2D eigenvalue weighted by Crippen LogP contribution is 2.40. The third-order valence-electron chi connectivity index (χ3n) is 12.6. The highest BCUT2D eigenvalue weighted by molar-refractivity contribution is 7.80. The summed E-state index contributed by atoms with van der Waals surface area (Å²) in [5.41, 5.74) is 17.5. The predicted molar refractivity (Wildman–Crippen MR) is 253 cm³/mol. The normalized spacial score (nSPS) is 15.8. The molecule has 6 heterocycles. The van der Waals surface area contributed by atoms with E-state index in [1.807, 2.05) is 66.0 Å². The van der Waals surface area contributed by atoms with Crippen LogP contribution in [0.15, 0.2) is 133 Å². The van der Waals surface area contributed by atoms with Crippen LogP contribution in [0.2, 0.25) is 10.0 Å². The Bertz CT molecular complexity index is 2480. The summed E-state index contributed by atoms with van der Waals surface area (Å²) in [6, 6.07) is 28.9. The fraction of sp³-hybridized carbons (Fsp3) is 0.269. The van der Waals surface area contributed by atoms with E-state index in [0.717, 1.165) is 116 Å². The van der Waals surface area contributed by atoms with Gasteiger partial charge in [-0.1, -0.05) is 83.0 Å². The van der Waals surface area contributed by atoms with Gasteiger partial charge in [0.25, 0.3) is 0 Å². The number of hydrogen-bond donors (Lipinski definition) is 0. The molecule has 2 saturated heterocycles. The minimum atomic E-state index is 0.170. The number of carbonyl (C=O) groups excluding carboxylic acids is 1. The maximum Gasteiger partial charge on any atom is 0.227 e. The van der Waals surface area contributed by atoms with Gasteiger partial charge < -0.3 is 9.80 Å². The molecule has 1 amide bonds. The first kappa shape index (κ1) is 41.8. The third kappa shape index (κ3) is 9.43. The Morgan fingerprint density at radius 1 is 0.532 bits per heavy atom. The van der Waals surface area contributed by atoms with Crippen LogP contribution in [-0.2, 0) is 43.3 Å². The first-order chi connectivity index (χ1) is 30.4. The van der Waals surface area contributed by atoms with E-state index < -0.39 is 0 Å². The number of fused-ring (bicyclic) bond motifs is 4. The fourth-order valence-corrected chi connectivity index (χ4v) is 10.1. The second-order valence-electron chi connectivity index (χ2n) is 16.4. The van der Waals surface area contributed by atoms with Crippen LogP contribution in [0.5, 0.6) is 0 Å². The molecule has 2 aliphatic carbocycles. The van der Waals surface area contributed by atoms with Gasteiger partial charge in [0.2, 0.25) is 5.91 Å². The smallest absolute Gasteiger partial charge is 0.227 e. The van der Waals surface area contributed by atoms with Crippen LogP contribution >= 0.6 is 35.4 Å². The number of amides is 1. The number of nitrogens with zero attached hydrogens (tertiary/aromatic N) is 6. The van der Waals surface area contributed by atoms with Crippen LogP contribution in [0.3, 0.4) is 0 Å². The molecule has 0 atom stereocenters. The predicted octanol–water partition coefficient (Wildman–Crippen LogP) is 10.6. The van der Waals surface area contributed by atoms with Crippen molar-refractivity contribution in [2.45, 2.75) is 64.2 Å². The number of aromatic nitrogens is 4. The Morgan fingerprint density at radius 2 is 0.984 bits per heavy atom. The number of rotatable bonds is 4. The van der Waals surface area contributed by atoms with E-state index >= 15 is 0 Å². The second-order valence-corrected chi connectivity index (χ2v) is 17.8. The zero-order valence-corrected chi connectivity index (χ0v) is 37.0. The number of thiocarbonyl (C=S) groups is 1. The highest BCUT2D eigenvalue weighted by Gasteiger charge is 2.28. The molecule has 10 heteroatoms. The van der Waals surface area contributed by atoms with Crippen LogP contribution in [0.1, 0.15) is 81.6 Å². The summed E-state index contributed by atoms with van der Waals surface area (Å²) in [5.74, 6) is 0.170. The molecule has 4 aromatic heterocycles. The van der Waals surface area contributed by atoms with E-state index in [9.17, 15) is 4.79 Å². The van der Waals surface area contributed by atoms with Gasteiger partial charge in [-0.05, 0) is 144 Å². The van der Waals surface area contributed by atoms with Crippen molar-refractivity contribution in [3.05, 3.63) is 199 Å². The lowest BCUT2D eigenvalue weighted by Crippen LogP contribution is -2.37. The molecule has 2 fully saturated rings. The molecule has 0 saturated carbocycles. The Labute approximate surface area is 379 Å². The van der Waals surface area contributed by atoms with Crippen LogP contribution in [0.25, 0.3) is 11.1 Å². The van der Waals surface area contributed by atoms with Gasteiger partial charge in [0, 0.05) is 91.0 Å². The first-order valence-corrected chi connectivity index (χ1v) is 22.8. The lowest BCUT2D eigenvalue weighted by Gasteiger charge is -2.32. The molecule has 312 valence electrons. The third-order valence-corrected chi connectivity index (χ3v) is 13.4. The molecule has 2 aromatic carbocycles. The molecule has 0 radical (unpaired) electrons. The quantitative estimate of drug-likeness (QED) is 0.163. The maximum atomic E-state index is 12.8. The SMILES string of the molecule is O=C(Cc1cccnc1)N1CCC(=C2c3ccc(Cl)cc3CCc3cccnc32)CC1.S=C(Cc1cccnc1)N1CCC(=C2c3ccc(Cl)cc3CCc3cccnc32)CC1. The Hall–Kier alpha value is -5.54. The van der Waals surface area contributed by atoms with Crippen molar-refractivity contribution in [2.75, 3.05) is 26.2 Å². The standard InChI is InChI=1S/C26H24ClN3O.C26H24ClN3S/c2*27-22-7-8-23-21(16-22)6-5-20-4-2-12-29-26(20)25(23)19-9-13-30(14-10-19)24(31)15-18-3-1-11-28-17-18/h2*1-4,7-8,11-12,16-17H,5-6,9-10,13-15H2. The molecule has 2 aliphatic heterocycles. The van der Waals surface area contributed by atoms with Gasteiger partial charge in [0.15, 0.2) is 0 Å². The van der Waals surface area contributed by atoms with E-state index in [4.69, 9.17) is 45.4 Å². The van der Waals surface area contributed by atoms with E-state index in [-0.39, 0.29) is 5.91 Å². The number of carbonyl (C=O) groups is 1. The minimum Gasteiger partial charge on any atom is -0.365 e. The molecular formula is C52H48Cl2N6OS. The minimum absolute atomic E-state index is 0.170. The average molecular weight is 876 g/mol. The van der Waals surface area contributed by atoms with Crippen molar-refractivity contribution in [1.29, 1.82) is 0 Å². The van der Waals surface area contributed by atoms with Gasteiger partial charge in [-0.15, -0.1) is 0 Å². The van der Waals surface area contributed by atoms with Crippen molar-refractivity contribution in [3.8, 4) is 0 Å². The Morgan fingerprint density at radius 3 is 1.47 bits per heavy atom. The topological polar surface area (TPSA) is 75.1 Å². The van der Waals surface area contributed by atoms with Gasteiger partial charge in [0.1, 0.15) is 0 Å². The van der Waals surface area contributed by atoms with Crippen molar-refractivity contribution >= 4 is 57.5 Å². The van der Waals surface area contributed by atoms with Gasteiger partial charge in [0.05, 0.1) is 22.8 Å². The lowest BCUT2D eigenvalue weighted by molar-refractivity contribution is -0.130. The van der Waals surface area contributed by atoms with E-state index in [2.05, 4.69) is 57.3 Å². The van der Waals surface area contributed by atoms with E-state index in [0.29, 0.717) is 6.42 Å². The molecular weight excluding hydrogens is 828 g/mol. The number of likely N-dealkylation sites (tertiary alicyclic amines) is 2. The summed E-state index contributed by atoms with van der Waals surface area (Å²) in [7, 11) is 0. The molecule has 0 bridgehead atoms. The summed E-state index contributed by atoms with van der Waals surface area (Å²) >= 11 is 18.4. The molecule has 6 aromatic rings. The van der Waals surface area contributed by atoms with Gasteiger partial charge >= 0.3 is 0 Å². The van der Waals surface area contributed by atoms with Crippen LogP contribution < -0.4 is 0 Å². The number of hydrogen-bond acceptors (Lipinski definition) is 6. The second kappa shape index (κ2) is 19.2. The molecule has 62 heavy (non-hydrogen) atoms. The van der Waals surface area contributed by atoms with Gasteiger partial charge in [-0.25, -0.2) is 0 Å². The summed E-state index contributed by atoms with van der Waals surface area (Å²) < 4.78 is 0. The molecule has 4 aliphatic rings. The first-order valence-electron chi connectivity index (χ1n) is 21.6. The van der Waals surface area contributed by atoms with Crippen molar-refractivity contribution in [2.24, 2.45) is 0 Å². The van der Waals surface area contributed by atoms with Crippen molar-refractivity contribution < 1.29 is 4.79 Å². The summed E-state index contributed by atoms with van der Waals surface area (Å²) in [6.45, 7) is 3.37. The highest BCUT2D eigenvalue weighted by atomic mass is 35.5. The van der Waals surface area contributed by atoms with E-state index in [1.54, 1.807) is 18.6 Å². The molecule has 7 nitrogen and oxygen atoms in total. The Kier molecular flexibility index (Phi) is 13.0. The summed E-state index contributed by atoms with van der Waals surface area (Å²) in [5, 5.41) is 1.58. The van der Waals surface area contributed by atoms with Gasteiger partial charge in [-0.2, -0.15) is 0 Å². The summed E-state index contributed by atoms with van der Waals surface area (Å²) in [6.07, 6.45) is 19.8. The maximum absolute atomic E-state index is 12.8. The zero-order chi connectivity index (χ0) is 42.4. The number of halogens is 2. The van der Waals surface area contributed by atoms with Crippen LogP contribution in [-0.4, -0.2) is 66.8 Å². The van der Waals surface area contributed by atoms with E-state index in [1.165, 1.54) is 61.2 Å². The Balaban J connectivity index is 0.000000158. The van der Waals surface area contributed by atoms with Crippen molar-refractivity contribution in [1.82, 2.24) is 29.7 Å². The number of benzene rings is 2. The summed E-state index contributed by atoms with van der Waals surface area (Å²) in [4.78, 5) is 36.1. The molecule has 0 N–H and O–H groups in total. The average Bonchev–Trinajstić information content (AvgIpc) is 3.57. The number of aryl methyl sites for hydroxylation is 4. The fourth-order valence-electron chi connectivity index (χ4n) is 9.40. The molecule has 0 spiro atoms. The largest absolute Gasteiger partial charge is 0.365 e.